The van der Waals surface area contributed by atoms with Gasteiger partial charge < -0.3 is 15.1 Å². The van der Waals surface area contributed by atoms with Gasteiger partial charge in [-0.2, -0.15) is 0 Å². The standard InChI is InChI=1S/C20H22FNO3/c21-16-7-2-1-6-15(16)11-10-14-5-4-12-22(13-14)20(25)19-17(23)8-3-9-18(19)24/h1-3,6-9,14,23-24H,4-5,10-13H2/t14-/m1/s1. The molecular formula is C20H22FNO3. The molecule has 0 aliphatic carbocycles. The largest absolute Gasteiger partial charge is 0.507 e. The van der Waals surface area contributed by atoms with Gasteiger partial charge in [0, 0.05) is 13.1 Å². The third kappa shape index (κ3) is 3.92. The Morgan fingerprint density at radius 3 is 2.56 bits per heavy atom. The Balaban J connectivity index is 1.65. The van der Waals surface area contributed by atoms with Crippen LogP contribution >= 0.6 is 0 Å². The lowest BCUT2D eigenvalue weighted by atomic mass is 9.91. The van der Waals surface area contributed by atoms with E-state index in [4.69, 9.17) is 0 Å². The maximum atomic E-state index is 13.7. The van der Waals surface area contributed by atoms with E-state index >= 15 is 0 Å². The van der Waals surface area contributed by atoms with Crippen molar-refractivity contribution in [1.82, 2.24) is 4.90 Å². The molecule has 1 atom stereocenters. The molecule has 2 N–H and O–H groups in total. The quantitative estimate of drug-likeness (QED) is 0.889. The van der Waals surface area contributed by atoms with Crippen molar-refractivity contribution in [3.05, 3.63) is 59.4 Å². The van der Waals surface area contributed by atoms with E-state index in [9.17, 15) is 19.4 Å². The van der Waals surface area contributed by atoms with E-state index < -0.39 is 0 Å². The molecule has 3 rings (SSSR count). The van der Waals surface area contributed by atoms with Crippen molar-refractivity contribution in [2.75, 3.05) is 13.1 Å². The Bertz CT molecular complexity index is 742. The molecule has 0 saturated carbocycles. The third-order valence-electron chi connectivity index (χ3n) is 4.82. The number of phenolic OH excluding ortho intramolecular Hbond substituents is 2. The van der Waals surface area contributed by atoms with Crippen molar-refractivity contribution in [2.45, 2.75) is 25.7 Å². The van der Waals surface area contributed by atoms with E-state index in [0.717, 1.165) is 19.3 Å². The van der Waals surface area contributed by atoms with Crippen LogP contribution in [0.4, 0.5) is 4.39 Å². The van der Waals surface area contributed by atoms with E-state index in [0.29, 0.717) is 25.1 Å². The molecule has 1 amide bonds. The smallest absolute Gasteiger partial charge is 0.261 e. The number of hydrogen-bond acceptors (Lipinski definition) is 3. The van der Waals surface area contributed by atoms with Crippen LogP contribution in [-0.2, 0) is 6.42 Å². The van der Waals surface area contributed by atoms with Gasteiger partial charge in [0.25, 0.3) is 5.91 Å². The first kappa shape index (κ1) is 17.3. The molecule has 0 spiro atoms. The summed E-state index contributed by atoms with van der Waals surface area (Å²) in [7, 11) is 0. The van der Waals surface area contributed by atoms with Crippen LogP contribution < -0.4 is 0 Å². The van der Waals surface area contributed by atoms with Gasteiger partial charge in [-0.25, -0.2) is 4.39 Å². The summed E-state index contributed by atoms with van der Waals surface area (Å²) in [5.41, 5.74) is 0.654. The minimum Gasteiger partial charge on any atom is -0.507 e. The predicted octanol–water partition coefficient (Wildman–Crippen LogP) is 3.72. The van der Waals surface area contributed by atoms with Crippen LogP contribution in [0.1, 0.15) is 35.2 Å². The molecule has 1 aliphatic rings. The normalized spacial score (nSPS) is 17.5. The fraction of sp³-hybridized carbons (Fsp3) is 0.350. The molecular weight excluding hydrogens is 321 g/mol. The number of carbonyl (C=O) groups excluding carboxylic acids is 1. The van der Waals surface area contributed by atoms with Crippen molar-refractivity contribution in [2.24, 2.45) is 5.92 Å². The summed E-state index contributed by atoms with van der Waals surface area (Å²) >= 11 is 0. The van der Waals surface area contributed by atoms with Crippen LogP contribution in [0, 0.1) is 11.7 Å². The second-order valence-corrected chi connectivity index (χ2v) is 6.56. The number of aromatic hydroxyl groups is 2. The molecule has 0 bridgehead atoms. The van der Waals surface area contributed by atoms with Gasteiger partial charge in [-0.1, -0.05) is 24.3 Å². The number of nitrogens with zero attached hydrogens (tertiary/aromatic N) is 1. The minimum absolute atomic E-state index is 0.0442. The highest BCUT2D eigenvalue weighted by Crippen LogP contribution is 2.30. The maximum Gasteiger partial charge on any atom is 0.261 e. The first-order valence-electron chi connectivity index (χ1n) is 8.60. The number of likely N-dealkylation sites (tertiary alicyclic amines) is 1. The van der Waals surface area contributed by atoms with Gasteiger partial charge in [0.15, 0.2) is 0 Å². The van der Waals surface area contributed by atoms with E-state index in [-0.39, 0.29) is 34.7 Å². The van der Waals surface area contributed by atoms with Crippen molar-refractivity contribution < 1.29 is 19.4 Å². The second-order valence-electron chi connectivity index (χ2n) is 6.56. The molecule has 1 aliphatic heterocycles. The molecule has 2 aromatic rings. The number of phenols is 2. The third-order valence-corrected chi connectivity index (χ3v) is 4.82. The van der Waals surface area contributed by atoms with Crippen LogP contribution in [0.25, 0.3) is 0 Å². The number of aryl methyl sites for hydroxylation is 1. The fourth-order valence-corrected chi connectivity index (χ4v) is 3.45. The summed E-state index contributed by atoms with van der Waals surface area (Å²) in [6, 6.07) is 11.1. The number of benzene rings is 2. The number of rotatable bonds is 4. The van der Waals surface area contributed by atoms with E-state index in [1.54, 1.807) is 17.0 Å². The number of carbonyl (C=O) groups is 1. The molecule has 0 unspecified atom stereocenters. The molecule has 0 radical (unpaired) electrons. The zero-order valence-electron chi connectivity index (χ0n) is 14.0. The molecule has 1 saturated heterocycles. The highest BCUT2D eigenvalue weighted by molar-refractivity contribution is 5.99. The number of hydrogen-bond donors (Lipinski definition) is 2. The molecule has 4 nitrogen and oxygen atoms in total. The van der Waals surface area contributed by atoms with Crippen LogP contribution in [0.3, 0.4) is 0 Å². The number of piperidine rings is 1. The molecule has 0 aromatic heterocycles. The highest BCUT2D eigenvalue weighted by Gasteiger charge is 2.27. The minimum atomic E-state index is -0.355. The van der Waals surface area contributed by atoms with Crippen molar-refractivity contribution in [3.8, 4) is 11.5 Å². The van der Waals surface area contributed by atoms with Gasteiger partial charge in [-0.05, 0) is 55.4 Å². The summed E-state index contributed by atoms with van der Waals surface area (Å²) in [4.78, 5) is 14.3. The molecule has 1 fully saturated rings. The van der Waals surface area contributed by atoms with Crippen molar-refractivity contribution in [1.29, 1.82) is 0 Å². The number of amides is 1. The zero-order chi connectivity index (χ0) is 17.8. The van der Waals surface area contributed by atoms with Crippen LogP contribution in [0.15, 0.2) is 42.5 Å². The highest BCUT2D eigenvalue weighted by atomic mass is 19.1. The van der Waals surface area contributed by atoms with Gasteiger partial charge >= 0.3 is 0 Å². The maximum absolute atomic E-state index is 13.7. The zero-order valence-corrected chi connectivity index (χ0v) is 14.0. The lowest BCUT2D eigenvalue weighted by molar-refractivity contribution is 0.0662. The Morgan fingerprint density at radius 2 is 1.84 bits per heavy atom. The van der Waals surface area contributed by atoms with Gasteiger partial charge in [-0.15, -0.1) is 0 Å². The van der Waals surface area contributed by atoms with E-state index in [1.807, 2.05) is 6.07 Å². The van der Waals surface area contributed by atoms with Crippen molar-refractivity contribution >= 4 is 5.91 Å². The average molecular weight is 343 g/mol. The lowest BCUT2D eigenvalue weighted by Gasteiger charge is -2.33. The van der Waals surface area contributed by atoms with Gasteiger partial charge in [0.2, 0.25) is 0 Å². The molecule has 2 aromatic carbocycles. The topological polar surface area (TPSA) is 60.8 Å². The lowest BCUT2D eigenvalue weighted by Crippen LogP contribution is -2.40. The van der Waals surface area contributed by atoms with Gasteiger partial charge in [0.1, 0.15) is 22.9 Å². The van der Waals surface area contributed by atoms with Crippen LogP contribution in [-0.4, -0.2) is 34.1 Å². The van der Waals surface area contributed by atoms with Gasteiger partial charge in [-0.3, -0.25) is 4.79 Å². The summed E-state index contributed by atoms with van der Waals surface area (Å²) < 4.78 is 13.7. The van der Waals surface area contributed by atoms with E-state index in [1.165, 1.54) is 24.3 Å². The number of halogens is 1. The van der Waals surface area contributed by atoms with Crippen LogP contribution in [0.5, 0.6) is 11.5 Å². The van der Waals surface area contributed by atoms with Crippen LogP contribution in [0.2, 0.25) is 0 Å². The fourth-order valence-electron chi connectivity index (χ4n) is 3.45. The SMILES string of the molecule is O=C(c1c(O)cccc1O)N1CCC[C@H](CCc2ccccc2F)C1. The van der Waals surface area contributed by atoms with E-state index in [2.05, 4.69) is 0 Å². The molecule has 25 heavy (non-hydrogen) atoms. The summed E-state index contributed by atoms with van der Waals surface area (Å²) in [5.74, 6) is -0.682. The summed E-state index contributed by atoms with van der Waals surface area (Å²) in [6.07, 6.45) is 3.30. The monoisotopic (exact) mass is 343 g/mol. The second kappa shape index (κ2) is 7.55. The molecule has 5 heteroatoms. The van der Waals surface area contributed by atoms with Crippen molar-refractivity contribution in [3.63, 3.8) is 0 Å². The molecule has 132 valence electrons. The Hall–Kier alpha value is -2.56. The first-order valence-corrected chi connectivity index (χ1v) is 8.60. The first-order chi connectivity index (χ1) is 12.1. The average Bonchev–Trinajstić information content (AvgIpc) is 2.61. The predicted molar refractivity (Wildman–Crippen MR) is 93.1 cm³/mol. The molecule has 1 heterocycles. The Labute approximate surface area is 146 Å². The Kier molecular flexibility index (Phi) is 5.22. The Morgan fingerprint density at radius 1 is 1.12 bits per heavy atom. The summed E-state index contributed by atoms with van der Waals surface area (Å²) in [6.45, 7) is 1.16. The summed E-state index contributed by atoms with van der Waals surface area (Å²) in [5, 5.41) is 19.8. The van der Waals surface area contributed by atoms with Gasteiger partial charge in [0.05, 0.1) is 0 Å².